The highest BCUT2D eigenvalue weighted by molar-refractivity contribution is 5.97. The number of ketones is 1. The van der Waals surface area contributed by atoms with Gasteiger partial charge in [0, 0.05) is 6.07 Å². The third kappa shape index (κ3) is 3.73. The van der Waals surface area contributed by atoms with Gasteiger partial charge in [0.15, 0.2) is 5.78 Å². The highest BCUT2D eigenvalue weighted by Crippen LogP contribution is 2.27. The Labute approximate surface area is 118 Å². The van der Waals surface area contributed by atoms with Crippen LogP contribution in [0.5, 0.6) is 11.5 Å². The van der Waals surface area contributed by atoms with Crippen molar-refractivity contribution in [3.8, 4) is 11.5 Å². The summed E-state index contributed by atoms with van der Waals surface area (Å²) in [6.45, 7) is 4.99. The zero-order valence-electron chi connectivity index (χ0n) is 12.5. The Morgan fingerprint density at radius 1 is 1.20 bits per heavy atom. The van der Waals surface area contributed by atoms with E-state index in [1.165, 1.54) is 21.1 Å². The standard InChI is InChI=1S/C15H20O5/c1-10(16)12-7-6-11(18-4)8-13(12)20-9-15(2,3)14(17)19-5/h6-8H,9H2,1-5H3. The van der Waals surface area contributed by atoms with Gasteiger partial charge >= 0.3 is 5.97 Å². The number of esters is 1. The van der Waals surface area contributed by atoms with Crippen molar-refractivity contribution in [3.63, 3.8) is 0 Å². The van der Waals surface area contributed by atoms with Gasteiger partial charge in [-0.3, -0.25) is 9.59 Å². The largest absolute Gasteiger partial charge is 0.497 e. The number of Topliss-reactive ketones (excluding diaryl/α,β-unsaturated/α-hetero) is 1. The van der Waals surface area contributed by atoms with Crippen LogP contribution in [-0.2, 0) is 9.53 Å². The van der Waals surface area contributed by atoms with Crippen LogP contribution in [-0.4, -0.2) is 32.6 Å². The van der Waals surface area contributed by atoms with Gasteiger partial charge in [-0.25, -0.2) is 0 Å². The van der Waals surface area contributed by atoms with Crippen LogP contribution in [0.3, 0.4) is 0 Å². The normalized spacial score (nSPS) is 10.8. The molecule has 0 radical (unpaired) electrons. The maximum absolute atomic E-state index is 11.6. The first-order valence-electron chi connectivity index (χ1n) is 6.22. The molecule has 0 spiro atoms. The molecule has 0 atom stereocenters. The van der Waals surface area contributed by atoms with Crippen molar-refractivity contribution in [2.75, 3.05) is 20.8 Å². The number of benzene rings is 1. The lowest BCUT2D eigenvalue weighted by Gasteiger charge is -2.22. The van der Waals surface area contributed by atoms with Gasteiger partial charge in [0.25, 0.3) is 0 Å². The lowest BCUT2D eigenvalue weighted by Crippen LogP contribution is -2.32. The van der Waals surface area contributed by atoms with Crippen molar-refractivity contribution < 1.29 is 23.8 Å². The first kappa shape index (κ1) is 16.0. The molecule has 0 bridgehead atoms. The number of ether oxygens (including phenoxy) is 3. The molecule has 0 saturated heterocycles. The fourth-order valence-corrected chi connectivity index (χ4v) is 1.63. The molecular weight excluding hydrogens is 260 g/mol. The molecule has 5 heteroatoms. The monoisotopic (exact) mass is 280 g/mol. The van der Waals surface area contributed by atoms with Crippen LogP contribution < -0.4 is 9.47 Å². The van der Waals surface area contributed by atoms with Crippen LogP contribution in [0.2, 0.25) is 0 Å². The first-order valence-corrected chi connectivity index (χ1v) is 6.22. The Morgan fingerprint density at radius 3 is 2.35 bits per heavy atom. The van der Waals surface area contributed by atoms with E-state index in [0.29, 0.717) is 17.1 Å². The summed E-state index contributed by atoms with van der Waals surface area (Å²) in [6, 6.07) is 4.96. The van der Waals surface area contributed by atoms with Gasteiger partial charge in [-0.1, -0.05) is 0 Å². The second kappa shape index (κ2) is 6.41. The molecule has 1 aromatic carbocycles. The molecule has 20 heavy (non-hydrogen) atoms. The van der Waals surface area contributed by atoms with E-state index in [1.807, 2.05) is 0 Å². The van der Waals surface area contributed by atoms with Crippen LogP contribution in [0.1, 0.15) is 31.1 Å². The van der Waals surface area contributed by atoms with Crippen molar-refractivity contribution in [3.05, 3.63) is 23.8 Å². The molecule has 0 aliphatic carbocycles. The molecule has 0 saturated carbocycles. The van der Waals surface area contributed by atoms with E-state index in [1.54, 1.807) is 32.0 Å². The first-order chi connectivity index (χ1) is 9.31. The lowest BCUT2D eigenvalue weighted by atomic mass is 9.95. The molecule has 1 rings (SSSR count). The zero-order chi connectivity index (χ0) is 15.3. The van der Waals surface area contributed by atoms with Gasteiger partial charge in [0.05, 0.1) is 25.2 Å². The maximum Gasteiger partial charge on any atom is 0.314 e. The molecule has 0 unspecified atom stereocenters. The Balaban J connectivity index is 2.96. The van der Waals surface area contributed by atoms with Crippen LogP contribution in [0.15, 0.2) is 18.2 Å². The predicted octanol–water partition coefficient (Wildman–Crippen LogP) is 2.48. The second-order valence-corrected chi connectivity index (χ2v) is 5.08. The second-order valence-electron chi connectivity index (χ2n) is 5.08. The summed E-state index contributed by atoms with van der Waals surface area (Å²) >= 11 is 0. The van der Waals surface area contributed by atoms with Crippen LogP contribution in [0.25, 0.3) is 0 Å². The number of methoxy groups -OCH3 is 2. The highest BCUT2D eigenvalue weighted by atomic mass is 16.5. The Bertz CT molecular complexity index is 505. The minimum absolute atomic E-state index is 0.104. The van der Waals surface area contributed by atoms with E-state index in [0.717, 1.165) is 0 Å². The van der Waals surface area contributed by atoms with Gasteiger partial charge in [0.1, 0.15) is 18.1 Å². The minimum Gasteiger partial charge on any atom is -0.497 e. The Hall–Kier alpha value is -2.04. The number of carbonyl (C=O) groups excluding carboxylic acids is 2. The van der Waals surface area contributed by atoms with Crippen LogP contribution in [0, 0.1) is 5.41 Å². The van der Waals surface area contributed by atoms with Gasteiger partial charge in [-0.2, -0.15) is 0 Å². The van der Waals surface area contributed by atoms with Crippen molar-refractivity contribution in [1.82, 2.24) is 0 Å². The summed E-state index contributed by atoms with van der Waals surface area (Å²) in [5, 5.41) is 0. The summed E-state index contributed by atoms with van der Waals surface area (Å²) in [5.41, 5.74) is -0.349. The van der Waals surface area contributed by atoms with Crippen molar-refractivity contribution in [1.29, 1.82) is 0 Å². The van der Waals surface area contributed by atoms with Crippen LogP contribution in [0.4, 0.5) is 0 Å². The van der Waals surface area contributed by atoms with Crippen molar-refractivity contribution >= 4 is 11.8 Å². The Kier molecular flexibility index (Phi) is 5.13. The van der Waals surface area contributed by atoms with E-state index in [2.05, 4.69) is 0 Å². The molecule has 1 aromatic rings. The van der Waals surface area contributed by atoms with E-state index in [-0.39, 0.29) is 18.4 Å². The van der Waals surface area contributed by atoms with E-state index in [9.17, 15) is 9.59 Å². The third-order valence-electron chi connectivity index (χ3n) is 2.89. The summed E-state index contributed by atoms with van der Waals surface area (Å²) in [5.74, 6) is 0.498. The molecule has 0 fully saturated rings. The molecule has 0 aromatic heterocycles. The average Bonchev–Trinajstić information content (AvgIpc) is 2.43. The molecular formula is C15H20O5. The molecule has 0 heterocycles. The molecule has 110 valence electrons. The zero-order valence-corrected chi connectivity index (χ0v) is 12.5. The van der Waals surface area contributed by atoms with E-state index >= 15 is 0 Å². The smallest absolute Gasteiger partial charge is 0.314 e. The number of hydrogen-bond donors (Lipinski definition) is 0. The van der Waals surface area contributed by atoms with E-state index < -0.39 is 5.41 Å². The summed E-state index contributed by atoms with van der Waals surface area (Å²) in [6.07, 6.45) is 0. The quantitative estimate of drug-likeness (QED) is 0.591. The van der Waals surface area contributed by atoms with Gasteiger partial charge in [0.2, 0.25) is 0 Å². The SMILES string of the molecule is COC(=O)C(C)(C)COc1cc(OC)ccc1C(C)=O. The van der Waals surface area contributed by atoms with Crippen molar-refractivity contribution in [2.45, 2.75) is 20.8 Å². The van der Waals surface area contributed by atoms with Gasteiger partial charge < -0.3 is 14.2 Å². The average molecular weight is 280 g/mol. The highest BCUT2D eigenvalue weighted by Gasteiger charge is 2.30. The fourth-order valence-electron chi connectivity index (χ4n) is 1.63. The maximum atomic E-state index is 11.6. The minimum atomic E-state index is -0.800. The molecule has 0 N–H and O–H groups in total. The number of rotatable bonds is 6. The number of carbonyl (C=O) groups is 2. The van der Waals surface area contributed by atoms with Gasteiger partial charge in [-0.05, 0) is 32.9 Å². The van der Waals surface area contributed by atoms with E-state index in [4.69, 9.17) is 14.2 Å². The molecule has 5 nitrogen and oxygen atoms in total. The molecule has 0 aliphatic heterocycles. The molecule has 0 amide bonds. The summed E-state index contributed by atoms with van der Waals surface area (Å²) in [7, 11) is 2.86. The molecule has 0 aliphatic rings. The number of hydrogen-bond acceptors (Lipinski definition) is 5. The Morgan fingerprint density at radius 2 is 1.85 bits per heavy atom. The summed E-state index contributed by atoms with van der Waals surface area (Å²) < 4.78 is 15.4. The van der Waals surface area contributed by atoms with Crippen molar-refractivity contribution in [2.24, 2.45) is 5.41 Å². The summed E-state index contributed by atoms with van der Waals surface area (Å²) in [4.78, 5) is 23.2. The fraction of sp³-hybridized carbons (Fsp3) is 0.467. The lowest BCUT2D eigenvalue weighted by molar-refractivity contribution is -0.152. The third-order valence-corrected chi connectivity index (χ3v) is 2.89. The van der Waals surface area contributed by atoms with Gasteiger partial charge in [-0.15, -0.1) is 0 Å². The van der Waals surface area contributed by atoms with Crippen LogP contribution >= 0.6 is 0 Å². The predicted molar refractivity (Wildman–Crippen MR) is 74.3 cm³/mol. The topological polar surface area (TPSA) is 61.8 Å².